The van der Waals surface area contributed by atoms with Crippen molar-refractivity contribution in [1.82, 2.24) is 4.57 Å². The fourth-order valence-electron chi connectivity index (χ4n) is 1.38. The first-order chi connectivity index (χ1) is 8.38. The zero-order chi connectivity index (χ0) is 13.9. The number of rotatable bonds is 5. The maximum absolute atomic E-state index is 13.5. The van der Waals surface area contributed by atoms with E-state index in [-0.39, 0.29) is 6.61 Å². The van der Waals surface area contributed by atoms with Gasteiger partial charge in [0.25, 0.3) is 5.91 Å². The van der Waals surface area contributed by atoms with Crippen molar-refractivity contribution < 1.29 is 23.6 Å². The number of hydrogen-bond donors (Lipinski definition) is 1. The molecule has 98 valence electrons. The summed E-state index contributed by atoms with van der Waals surface area (Å²) in [7, 11) is 0. The molecule has 1 aromatic rings. The molecule has 0 aliphatic heterocycles. The third-order valence-corrected chi connectivity index (χ3v) is 2.00. The van der Waals surface area contributed by atoms with Crippen molar-refractivity contribution in [1.29, 1.82) is 0 Å². The van der Waals surface area contributed by atoms with Gasteiger partial charge in [-0.2, -0.15) is 0 Å². The fraction of sp³-hybridized carbons (Fsp3) is 0.333. The monoisotopic (exact) mass is 259 g/mol. The Kier molecular flexibility index (Phi) is 3.97. The molecule has 2 N–H and O–H groups in total. The van der Waals surface area contributed by atoms with Crippen molar-refractivity contribution >= 4 is 17.7 Å². The number of esters is 1. The summed E-state index contributed by atoms with van der Waals surface area (Å²) < 4.78 is 18.6. The average molecular weight is 259 g/mol. The first-order valence-corrected chi connectivity index (χ1v) is 4.87. The number of carbonyl (C=O) groups excluding carboxylic acids is 2. The lowest BCUT2D eigenvalue weighted by atomic mass is 10.4. The quantitative estimate of drug-likeness (QED) is 0.460. The lowest BCUT2D eigenvalue weighted by molar-refractivity contribution is -0.392. The second kappa shape index (κ2) is 5.25. The first kappa shape index (κ1) is 13.6. The standard InChI is InChI=1S/C9H10FN3O5/c1-2-18-9(15)8-5(10)3-7(13(16)17)12(8)4-6(11)14/h3H,2,4H2,1H3,(H2,11,14). The van der Waals surface area contributed by atoms with Crippen LogP contribution in [0.3, 0.4) is 0 Å². The van der Waals surface area contributed by atoms with Gasteiger partial charge in [0.05, 0.1) is 12.7 Å². The van der Waals surface area contributed by atoms with E-state index in [1.165, 1.54) is 6.92 Å². The minimum atomic E-state index is -1.14. The Morgan fingerprint density at radius 3 is 2.67 bits per heavy atom. The van der Waals surface area contributed by atoms with Crippen LogP contribution < -0.4 is 5.73 Å². The molecule has 1 rings (SSSR count). The summed E-state index contributed by atoms with van der Waals surface area (Å²) in [5.74, 6) is -3.92. The van der Waals surface area contributed by atoms with Crippen LogP contribution in [0.1, 0.15) is 17.4 Å². The number of ether oxygens (including phenoxy) is 1. The predicted molar refractivity (Wildman–Crippen MR) is 56.2 cm³/mol. The Bertz CT molecular complexity index is 511. The third kappa shape index (κ3) is 2.62. The van der Waals surface area contributed by atoms with E-state index in [1.807, 2.05) is 0 Å². The Balaban J connectivity index is 3.34. The van der Waals surface area contributed by atoms with Crippen LogP contribution in [0, 0.1) is 15.9 Å². The summed E-state index contributed by atoms with van der Waals surface area (Å²) in [5, 5.41) is 10.7. The molecule has 0 bridgehead atoms. The molecule has 0 saturated heterocycles. The van der Waals surface area contributed by atoms with Crippen LogP contribution in [0.4, 0.5) is 10.2 Å². The van der Waals surface area contributed by atoms with E-state index in [4.69, 9.17) is 5.73 Å². The number of aromatic nitrogens is 1. The number of hydrogen-bond acceptors (Lipinski definition) is 5. The Labute approximate surface area is 100 Å². The van der Waals surface area contributed by atoms with Gasteiger partial charge < -0.3 is 20.6 Å². The molecule has 0 aromatic carbocycles. The molecule has 1 aromatic heterocycles. The minimum Gasteiger partial charge on any atom is -0.460 e. The van der Waals surface area contributed by atoms with Crippen LogP contribution in [0.15, 0.2) is 6.07 Å². The molecule has 18 heavy (non-hydrogen) atoms. The molecule has 0 unspecified atom stereocenters. The van der Waals surface area contributed by atoms with Crippen molar-refractivity contribution in [3.63, 3.8) is 0 Å². The van der Waals surface area contributed by atoms with Crippen LogP contribution in [0.25, 0.3) is 0 Å². The largest absolute Gasteiger partial charge is 0.460 e. The van der Waals surface area contributed by atoms with Crippen LogP contribution >= 0.6 is 0 Å². The highest BCUT2D eigenvalue weighted by Crippen LogP contribution is 2.22. The van der Waals surface area contributed by atoms with E-state index in [1.54, 1.807) is 0 Å². The second-order valence-corrected chi connectivity index (χ2v) is 3.23. The van der Waals surface area contributed by atoms with Crippen LogP contribution in [0.2, 0.25) is 0 Å². The van der Waals surface area contributed by atoms with Crippen LogP contribution in [-0.2, 0) is 16.1 Å². The van der Waals surface area contributed by atoms with E-state index < -0.39 is 40.7 Å². The molecule has 0 aliphatic rings. The molecule has 9 heteroatoms. The molecule has 0 atom stereocenters. The molecule has 0 aliphatic carbocycles. The van der Waals surface area contributed by atoms with Gasteiger partial charge in [0.2, 0.25) is 5.69 Å². The summed E-state index contributed by atoms with van der Waals surface area (Å²) >= 11 is 0. The molecule has 0 spiro atoms. The molecule has 0 radical (unpaired) electrons. The number of nitrogens with zero attached hydrogens (tertiary/aromatic N) is 2. The average Bonchev–Trinajstić information content (AvgIpc) is 2.55. The highest BCUT2D eigenvalue weighted by Gasteiger charge is 2.31. The fourth-order valence-corrected chi connectivity index (χ4v) is 1.38. The van der Waals surface area contributed by atoms with Crippen molar-refractivity contribution in [3.05, 3.63) is 27.7 Å². The van der Waals surface area contributed by atoms with E-state index in [2.05, 4.69) is 4.74 Å². The van der Waals surface area contributed by atoms with Crippen molar-refractivity contribution in [2.45, 2.75) is 13.5 Å². The normalized spacial score (nSPS) is 10.1. The number of halogens is 1. The maximum atomic E-state index is 13.5. The SMILES string of the molecule is CCOC(=O)c1c(F)cc([N+](=O)[O-])n1CC(N)=O. The van der Waals surface area contributed by atoms with E-state index in [0.717, 1.165) is 0 Å². The maximum Gasteiger partial charge on any atom is 0.381 e. The summed E-state index contributed by atoms with van der Waals surface area (Å²) in [6.07, 6.45) is 0. The summed E-state index contributed by atoms with van der Waals surface area (Å²) in [5.41, 5.74) is 4.20. The van der Waals surface area contributed by atoms with Crippen molar-refractivity contribution in [2.24, 2.45) is 5.73 Å². The molecule has 8 nitrogen and oxygen atoms in total. The zero-order valence-electron chi connectivity index (χ0n) is 9.38. The van der Waals surface area contributed by atoms with Gasteiger partial charge in [0.15, 0.2) is 12.4 Å². The van der Waals surface area contributed by atoms with Gasteiger partial charge in [-0.15, -0.1) is 0 Å². The molecule has 0 fully saturated rings. The van der Waals surface area contributed by atoms with Gasteiger partial charge in [-0.3, -0.25) is 4.79 Å². The summed E-state index contributed by atoms with van der Waals surface area (Å²) in [6, 6.07) is 0.537. The number of carbonyl (C=O) groups is 2. The number of primary amides is 1. The smallest absolute Gasteiger partial charge is 0.381 e. The predicted octanol–water partition coefficient (Wildman–Crippen LogP) is 0.197. The highest BCUT2D eigenvalue weighted by atomic mass is 19.1. The number of amides is 1. The van der Waals surface area contributed by atoms with Gasteiger partial charge in [-0.1, -0.05) is 0 Å². The van der Waals surface area contributed by atoms with Gasteiger partial charge in [0, 0.05) is 0 Å². The highest BCUT2D eigenvalue weighted by molar-refractivity contribution is 5.89. The zero-order valence-corrected chi connectivity index (χ0v) is 9.38. The Morgan fingerprint density at radius 1 is 1.61 bits per heavy atom. The second-order valence-electron chi connectivity index (χ2n) is 3.23. The van der Waals surface area contributed by atoms with Crippen LogP contribution in [0.5, 0.6) is 0 Å². The molecular weight excluding hydrogens is 249 g/mol. The molecule has 1 amide bonds. The number of nitrogens with two attached hydrogens (primary N) is 1. The summed E-state index contributed by atoms with van der Waals surface area (Å²) in [6.45, 7) is 0.772. The topological polar surface area (TPSA) is 117 Å². The van der Waals surface area contributed by atoms with Gasteiger partial charge >= 0.3 is 11.8 Å². The van der Waals surface area contributed by atoms with E-state index >= 15 is 0 Å². The lowest BCUT2D eigenvalue weighted by Gasteiger charge is -2.03. The van der Waals surface area contributed by atoms with E-state index in [9.17, 15) is 24.1 Å². The third-order valence-electron chi connectivity index (χ3n) is 2.00. The molecular formula is C9H10FN3O5. The first-order valence-electron chi connectivity index (χ1n) is 4.87. The van der Waals surface area contributed by atoms with Crippen molar-refractivity contribution in [2.75, 3.05) is 6.61 Å². The van der Waals surface area contributed by atoms with Crippen molar-refractivity contribution in [3.8, 4) is 0 Å². The van der Waals surface area contributed by atoms with Gasteiger partial charge in [0.1, 0.15) is 0 Å². The Hall–Kier alpha value is -2.45. The minimum absolute atomic E-state index is 0.0339. The summed E-state index contributed by atoms with van der Waals surface area (Å²) in [4.78, 5) is 32.0. The Morgan fingerprint density at radius 2 is 2.22 bits per heavy atom. The molecule has 0 saturated carbocycles. The van der Waals surface area contributed by atoms with Gasteiger partial charge in [-0.25, -0.2) is 13.8 Å². The number of nitro groups is 1. The molecule has 1 heterocycles. The van der Waals surface area contributed by atoms with E-state index in [0.29, 0.717) is 10.6 Å². The lowest BCUT2D eigenvalue weighted by Crippen LogP contribution is -2.23. The van der Waals surface area contributed by atoms with Crippen LogP contribution in [-0.4, -0.2) is 28.0 Å². The van der Waals surface area contributed by atoms with Gasteiger partial charge in [-0.05, 0) is 11.8 Å².